The van der Waals surface area contributed by atoms with E-state index >= 15 is 0 Å². The summed E-state index contributed by atoms with van der Waals surface area (Å²) < 4.78 is 11.2. The van der Waals surface area contributed by atoms with Crippen LogP contribution in [0, 0.1) is 13.8 Å². The minimum Gasteiger partial charge on any atom is -0.460 e. The molecule has 108 valence electrons. The third kappa shape index (κ3) is 2.43. The van der Waals surface area contributed by atoms with Gasteiger partial charge in [0.1, 0.15) is 22.9 Å². The van der Waals surface area contributed by atoms with E-state index in [2.05, 4.69) is 9.97 Å². The van der Waals surface area contributed by atoms with Gasteiger partial charge in [-0.3, -0.25) is 4.79 Å². The van der Waals surface area contributed by atoms with Gasteiger partial charge in [-0.1, -0.05) is 0 Å². The second-order valence-electron chi connectivity index (χ2n) is 4.60. The summed E-state index contributed by atoms with van der Waals surface area (Å²) in [6.45, 7) is 3.49. The van der Waals surface area contributed by atoms with Crippen molar-refractivity contribution in [2.24, 2.45) is 5.73 Å². The minimum absolute atomic E-state index is 0. The van der Waals surface area contributed by atoms with Crippen LogP contribution in [0.2, 0.25) is 0 Å². The molecule has 6 heteroatoms. The molecule has 0 fully saturated rings. The van der Waals surface area contributed by atoms with Crippen molar-refractivity contribution in [1.82, 2.24) is 9.97 Å². The molecule has 0 saturated heterocycles. The predicted molar refractivity (Wildman–Crippen MR) is 78.4 cm³/mol. The molecule has 0 aliphatic rings. The molecule has 2 aromatic heterocycles. The number of hydrogen-bond donors (Lipinski definition) is 1. The highest BCUT2D eigenvalue weighted by molar-refractivity contribution is 6.06. The van der Waals surface area contributed by atoms with E-state index in [-0.39, 0.29) is 1.43 Å². The van der Waals surface area contributed by atoms with Gasteiger partial charge in [0, 0.05) is 25.1 Å². The van der Waals surface area contributed by atoms with Crippen LogP contribution in [0.4, 0.5) is 0 Å². The smallest absolute Gasteiger partial charge is 0.252 e. The summed E-state index contributed by atoms with van der Waals surface area (Å²) in [6, 6.07) is 6.85. The fraction of sp³-hybridized carbons (Fsp3) is 0.133. The van der Waals surface area contributed by atoms with E-state index in [1.54, 1.807) is 44.3 Å². The summed E-state index contributed by atoms with van der Waals surface area (Å²) in [4.78, 5) is 19.6. The van der Waals surface area contributed by atoms with Crippen molar-refractivity contribution in [3.63, 3.8) is 0 Å². The van der Waals surface area contributed by atoms with Crippen LogP contribution < -0.4 is 10.5 Å². The van der Waals surface area contributed by atoms with Crippen molar-refractivity contribution in [1.29, 1.82) is 0 Å². The zero-order valence-electron chi connectivity index (χ0n) is 11.6. The number of nitrogens with zero attached hydrogens (tertiary/aromatic N) is 2. The largest absolute Gasteiger partial charge is 0.460 e. The van der Waals surface area contributed by atoms with Crippen LogP contribution in [-0.2, 0) is 0 Å². The lowest BCUT2D eigenvalue weighted by Gasteiger charge is -2.04. The Morgan fingerprint density at radius 3 is 2.86 bits per heavy atom. The van der Waals surface area contributed by atoms with Gasteiger partial charge in [-0.25, -0.2) is 4.98 Å². The van der Waals surface area contributed by atoms with Crippen LogP contribution >= 0.6 is 0 Å². The molecule has 1 amide bonds. The molecule has 0 spiro atoms. The summed E-state index contributed by atoms with van der Waals surface area (Å²) >= 11 is 0. The summed E-state index contributed by atoms with van der Waals surface area (Å²) in [7, 11) is 0. The van der Waals surface area contributed by atoms with E-state index in [9.17, 15) is 4.79 Å². The number of amides is 1. The molecule has 0 atom stereocenters. The third-order valence-electron chi connectivity index (χ3n) is 3.06. The Morgan fingerprint density at radius 2 is 2.14 bits per heavy atom. The standard InChI is InChI=1S/C15H13N3O3.H2/c1-8-14(15(16)19)11-4-3-10(7-12(11)20-8)21-13-5-6-17-9(2)18-13;/h3-7H,1-2H3,(H2,16,19);1H. The highest BCUT2D eigenvalue weighted by atomic mass is 16.5. The number of furan rings is 1. The first-order chi connectivity index (χ1) is 10.0. The maximum Gasteiger partial charge on any atom is 0.252 e. The van der Waals surface area contributed by atoms with Gasteiger partial charge in [0.15, 0.2) is 0 Å². The molecule has 0 aliphatic heterocycles. The van der Waals surface area contributed by atoms with Gasteiger partial charge < -0.3 is 14.9 Å². The fourth-order valence-corrected chi connectivity index (χ4v) is 2.18. The van der Waals surface area contributed by atoms with Crippen LogP contribution in [0.25, 0.3) is 11.0 Å². The monoisotopic (exact) mass is 285 g/mol. The van der Waals surface area contributed by atoms with Crippen molar-refractivity contribution in [2.75, 3.05) is 0 Å². The van der Waals surface area contributed by atoms with Gasteiger partial charge in [-0.05, 0) is 26.0 Å². The SMILES string of the molecule is Cc1nccc(Oc2ccc3c(C(N)=O)c(C)oc3c2)n1.[HH]. The average molecular weight is 285 g/mol. The molecule has 21 heavy (non-hydrogen) atoms. The predicted octanol–water partition coefficient (Wildman–Crippen LogP) is 2.98. The van der Waals surface area contributed by atoms with Crippen LogP contribution in [0.1, 0.15) is 23.4 Å². The van der Waals surface area contributed by atoms with E-state index in [0.29, 0.717) is 39.7 Å². The second-order valence-corrected chi connectivity index (χ2v) is 4.60. The maximum atomic E-state index is 11.4. The number of aryl methyl sites for hydroxylation is 2. The molecule has 0 radical (unpaired) electrons. The number of rotatable bonds is 3. The van der Waals surface area contributed by atoms with E-state index in [4.69, 9.17) is 14.9 Å². The van der Waals surface area contributed by atoms with E-state index in [1.807, 2.05) is 0 Å². The molecule has 3 aromatic rings. The first-order valence-electron chi connectivity index (χ1n) is 6.35. The quantitative estimate of drug-likeness (QED) is 0.798. The fourth-order valence-electron chi connectivity index (χ4n) is 2.18. The first-order valence-corrected chi connectivity index (χ1v) is 6.35. The van der Waals surface area contributed by atoms with Crippen molar-refractivity contribution in [3.8, 4) is 11.6 Å². The number of carbonyl (C=O) groups is 1. The summed E-state index contributed by atoms with van der Waals surface area (Å²) in [5.74, 6) is 1.61. The number of benzene rings is 1. The number of carbonyl (C=O) groups excluding carboxylic acids is 1. The molecule has 2 heterocycles. The Balaban J connectivity index is 0.00000176. The number of aromatic nitrogens is 2. The lowest BCUT2D eigenvalue weighted by Crippen LogP contribution is -2.11. The van der Waals surface area contributed by atoms with Crippen molar-refractivity contribution in [3.05, 3.63) is 47.6 Å². The van der Waals surface area contributed by atoms with Crippen LogP contribution in [0.3, 0.4) is 0 Å². The molecular formula is C15H15N3O3. The lowest BCUT2D eigenvalue weighted by molar-refractivity contribution is 0.1000. The molecule has 1 aromatic carbocycles. The second kappa shape index (κ2) is 4.90. The number of fused-ring (bicyclic) bond motifs is 1. The number of hydrogen-bond acceptors (Lipinski definition) is 5. The van der Waals surface area contributed by atoms with Gasteiger partial charge in [-0.15, -0.1) is 0 Å². The minimum atomic E-state index is -0.508. The van der Waals surface area contributed by atoms with Gasteiger partial charge in [-0.2, -0.15) is 4.98 Å². The van der Waals surface area contributed by atoms with E-state index in [1.165, 1.54) is 0 Å². The Bertz CT molecular complexity index is 845. The molecule has 0 unspecified atom stereocenters. The molecule has 2 N–H and O–H groups in total. The Kier molecular flexibility index (Phi) is 3.06. The molecule has 0 saturated carbocycles. The summed E-state index contributed by atoms with van der Waals surface area (Å²) in [6.07, 6.45) is 1.62. The molecule has 0 bridgehead atoms. The Hall–Kier alpha value is -2.89. The third-order valence-corrected chi connectivity index (χ3v) is 3.06. The number of nitrogens with two attached hydrogens (primary N) is 1. The van der Waals surface area contributed by atoms with Crippen LogP contribution in [0.15, 0.2) is 34.9 Å². The summed E-state index contributed by atoms with van der Waals surface area (Å²) in [5, 5.41) is 0.672. The normalized spacial score (nSPS) is 10.8. The van der Waals surface area contributed by atoms with Gasteiger partial charge in [0.2, 0.25) is 5.88 Å². The van der Waals surface area contributed by atoms with E-state index < -0.39 is 5.91 Å². The van der Waals surface area contributed by atoms with E-state index in [0.717, 1.165) is 0 Å². The first kappa shape index (κ1) is 13.1. The molecular weight excluding hydrogens is 270 g/mol. The van der Waals surface area contributed by atoms with Gasteiger partial charge >= 0.3 is 0 Å². The Labute approximate surface area is 122 Å². The number of primary amides is 1. The Morgan fingerprint density at radius 1 is 1.33 bits per heavy atom. The molecule has 3 rings (SSSR count). The van der Waals surface area contributed by atoms with Gasteiger partial charge in [0.05, 0.1) is 5.56 Å². The van der Waals surface area contributed by atoms with Crippen molar-refractivity contribution >= 4 is 16.9 Å². The van der Waals surface area contributed by atoms with Crippen LogP contribution in [-0.4, -0.2) is 15.9 Å². The highest BCUT2D eigenvalue weighted by Gasteiger charge is 2.16. The topological polar surface area (TPSA) is 91.2 Å². The molecule has 0 aliphatic carbocycles. The highest BCUT2D eigenvalue weighted by Crippen LogP contribution is 2.30. The zero-order chi connectivity index (χ0) is 15.0. The summed E-state index contributed by atoms with van der Waals surface area (Å²) in [5.41, 5.74) is 6.30. The lowest BCUT2D eigenvalue weighted by atomic mass is 10.1. The zero-order valence-corrected chi connectivity index (χ0v) is 11.6. The number of ether oxygens (including phenoxy) is 1. The van der Waals surface area contributed by atoms with Crippen LogP contribution in [0.5, 0.6) is 11.6 Å². The van der Waals surface area contributed by atoms with Gasteiger partial charge in [0.25, 0.3) is 5.91 Å². The maximum absolute atomic E-state index is 11.4. The molecule has 6 nitrogen and oxygen atoms in total. The van der Waals surface area contributed by atoms with Crippen molar-refractivity contribution in [2.45, 2.75) is 13.8 Å². The van der Waals surface area contributed by atoms with Crippen molar-refractivity contribution < 1.29 is 15.4 Å². The average Bonchev–Trinajstić information content (AvgIpc) is 2.74.